The molecule has 3 saturated heterocycles. The first-order chi connectivity index (χ1) is 36.4. The number of hydrogen-bond acceptors (Lipinski definition) is 20. The van der Waals surface area contributed by atoms with E-state index in [0.717, 1.165) is 11.3 Å². The third-order valence-corrected chi connectivity index (χ3v) is 16.7. The van der Waals surface area contributed by atoms with Gasteiger partial charge in [-0.05, 0) is 85.5 Å². The number of rotatable bonds is 18. The number of nitrogens with zero attached hydrogens (tertiary/aromatic N) is 8. The highest BCUT2D eigenvalue weighted by Crippen LogP contribution is 2.42. The molecule has 3 aliphatic rings. The number of cyclic esters (lactones) is 1. The summed E-state index contributed by atoms with van der Waals surface area (Å²) in [5.74, 6) is -3.85. The first-order valence-electron chi connectivity index (χ1n) is 26.9. The van der Waals surface area contributed by atoms with E-state index in [4.69, 9.17) is 42.7 Å². The number of aliphatic hydroxyl groups is 4. The van der Waals surface area contributed by atoms with Gasteiger partial charge in [0.05, 0.1) is 77.1 Å². The van der Waals surface area contributed by atoms with Crippen molar-refractivity contribution in [3.63, 3.8) is 0 Å². The summed E-state index contributed by atoms with van der Waals surface area (Å²) in [4.78, 5) is 22.0. The molecule has 4 N–H and O–H groups in total. The van der Waals surface area contributed by atoms with Crippen LogP contribution in [0.15, 0.2) is 48.0 Å². The first-order valence-corrected chi connectivity index (χ1v) is 26.9. The number of halogens is 1. The van der Waals surface area contributed by atoms with Crippen LogP contribution in [0.5, 0.6) is 0 Å². The van der Waals surface area contributed by atoms with E-state index in [0.29, 0.717) is 30.8 Å². The zero-order valence-corrected chi connectivity index (χ0v) is 47.6. The number of oxime groups is 1. The number of ether oxygens (including phenoxy) is 8. The molecule has 2 aromatic heterocycles. The Bertz CT molecular complexity index is 2330. The van der Waals surface area contributed by atoms with Crippen molar-refractivity contribution in [3.05, 3.63) is 54.1 Å². The highest BCUT2D eigenvalue weighted by atomic mass is 19.1. The Hall–Kier alpha value is -4.11. The summed E-state index contributed by atoms with van der Waals surface area (Å²) in [6.45, 7) is 17.2. The largest absolute Gasteiger partial charge is 0.459 e. The fourth-order valence-corrected chi connectivity index (χ4v) is 11.8. The summed E-state index contributed by atoms with van der Waals surface area (Å²) in [5.41, 5.74) is -1.74. The molecule has 20 atom stereocenters. The van der Waals surface area contributed by atoms with Gasteiger partial charge in [0.25, 0.3) is 0 Å². The molecule has 5 heterocycles. The molecule has 434 valence electrons. The van der Waals surface area contributed by atoms with Crippen molar-refractivity contribution >= 4 is 11.7 Å². The summed E-state index contributed by atoms with van der Waals surface area (Å²) in [5, 5.41) is 68.6. The molecule has 0 radical (unpaired) electrons. The molecule has 3 aromatic rings. The van der Waals surface area contributed by atoms with Gasteiger partial charge in [0.1, 0.15) is 49.8 Å². The second kappa shape index (κ2) is 26.4. The molecule has 0 spiro atoms. The Morgan fingerprint density at radius 1 is 0.922 bits per heavy atom. The zero-order chi connectivity index (χ0) is 56.7. The number of hydrogen-bond donors (Lipinski definition) is 4. The molecule has 0 bridgehead atoms. The number of likely N-dealkylation sites (N-methyl/N-ethyl adjacent to an activating group) is 1. The number of aliphatic hydroxyl groups excluding tert-OH is 3. The SMILES string of the molecule is CC[C@H]1OC(=O)[C@H](C)[C@@H](O[C@H]2C[C@@](C)(OC)[C@@H](O)[C@H](C)O2)[C@H](C)[C@@H](O[C@@H]2O[C@H](C)C[C@H](N(C)CCc3cn([C@H](CF)[C@H](OC)c4ccc(-n5ccnn5)cc4)nn3)[C@H]2O)[C@](C)(OC)C[C@@H](C)/C(=N\OC)[C@H](C)[C@@H](O)[C@]1(C)O. The third-order valence-electron chi connectivity index (χ3n) is 16.7. The lowest BCUT2D eigenvalue weighted by Crippen LogP contribution is -2.61. The Balaban J connectivity index is 1.30. The van der Waals surface area contributed by atoms with Gasteiger partial charge in [0, 0.05) is 70.7 Å². The van der Waals surface area contributed by atoms with Crippen LogP contribution in [0.4, 0.5) is 4.39 Å². The lowest BCUT2D eigenvalue weighted by atomic mass is 9.73. The fourth-order valence-electron chi connectivity index (χ4n) is 11.8. The van der Waals surface area contributed by atoms with Crippen LogP contribution in [0.3, 0.4) is 0 Å². The summed E-state index contributed by atoms with van der Waals surface area (Å²) < 4.78 is 69.2. The van der Waals surface area contributed by atoms with Crippen molar-refractivity contribution in [2.75, 3.05) is 48.7 Å². The average molecular weight is 1090 g/mol. The molecule has 0 saturated carbocycles. The molecular weight excluding hydrogens is 1000 g/mol. The fraction of sp³-hybridized carbons (Fsp3) is 0.778. The average Bonchev–Trinajstić information content (AvgIpc) is 4.14. The van der Waals surface area contributed by atoms with Crippen molar-refractivity contribution in [1.29, 1.82) is 0 Å². The molecule has 1 aromatic carbocycles. The highest BCUT2D eigenvalue weighted by Gasteiger charge is 2.54. The number of carbonyl (C=O) groups excluding carboxylic acids is 1. The minimum absolute atomic E-state index is 0.0917. The smallest absolute Gasteiger partial charge is 0.311 e. The van der Waals surface area contributed by atoms with Gasteiger partial charge in [-0.2, -0.15) is 0 Å². The Kier molecular flexibility index (Phi) is 21.3. The second-order valence-electron chi connectivity index (χ2n) is 22.2. The van der Waals surface area contributed by atoms with Gasteiger partial charge in [-0.3, -0.25) is 4.79 Å². The topological polar surface area (TPSA) is 258 Å². The van der Waals surface area contributed by atoms with Gasteiger partial charge in [0.2, 0.25) is 0 Å². The number of alkyl halides is 1. The Morgan fingerprint density at radius 2 is 1.61 bits per heavy atom. The maximum Gasteiger partial charge on any atom is 0.311 e. The first kappa shape index (κ1) is 62.1. The second-order valence-corrected chi connectivity index (χ2v) is 22.2. The number of esters is 1. The molecule has 0 amide bonds. The molecular formula is C54H87FN8O14. The van der Waals surface area contributed by atoms with Crippen LogP contribution in [0, 0.1) is 23.7 Å². The zero-order valence-electron chi connectivity index (χ0n) is 47.6. The van der Waals surface area contributed by atoms with Crippen molar-refractivity contribution in [1.82, 2.24) is 34.9 Å². The quantitative estimate of drug-likeness (QED) is 0.101. The molecule has 0 aliphatic carbocycles. The Morgan fingerprint density at radius 3 is 2.21 bits per heavy atom. The molecule has 23 heteroatoms. The summed E-state index contributed by atoms with van der Waals surface area (Å²) in [6.07, 6.45) is -4.66. The standard InChI is InChI=1S/C54H87FN8O14/c1-16-41-54(10,68)47(65)32(4)43(58-72-15)30(2)26-53(9,71-14)49(33(5)45(34(6)50(67)75-41)76-42-27-52(8,70-13)48(66)35(7)74-42)77-51-44(64)39(25-31(3)73-51)61(11)23-21-37-29-63(60-57-37)40(28-55)46(69-12)36-17-19-38(20-18-36)62-24-22-56-59-62/h17-20,22,24,29-35,39-42,44-49,51,64-66,68H,16,21,23,25-28H2,1-15H3/b58-43+/t30-,31-,32+,33+,34-,35+,39+,40-,41-,42+,44-,45+,46-,47-,48+,49-,51+,52-,53-,54-/m1/s1. The predicted molar refractivity (Wildman–Crippen MR) is 279 cm³/mol. The summed E-state index contributed by atoms with van der Waals surface area (Å²) in [7, 11) is 7.87. The summed E-state index contributed by atoms with van der Waals surface area (Å²) in [6, 6.07) is 6.12. The van der Waals surface area contributed by atoms with E-state index in [1.54, 1.807) is 65.0 Å². The van der Waals surface area contributed by atoms with Crippen molar-refractivity contribution < 1.29 is 72.3 Å². The van der Waals surface area contributed by atoms with E-state index >= 15 is 0 Å². The monoisotopic (exact) mass is 1090 g/mol. The number of carbonyl (C=O) groups is 1. The van der Waals surface area contributed by atoms with Crippen LogP contribution in [-0.2, 0) is 53.9 Å². The van der Waals surface area contributed by atoms with Gasteiger partial charge >= 0.3 is 5.97 Å². The molecule has 77 heavy (non-hydrogen) atoms. The van der Waals surface area contributed by atoms with Crippen LogP contribution >= 0.6 is 0 Å². The van der Waals surface area contributed by atoms with Crippen LogP contribution in [0.2, 0.25) is 0 Å². The molecule has 0 unspecified atom stereocenters. The predicted octanol–water partition coefficient (Wildman–Crippen LogP) is 4.56. The van der Waals surface area contributed by atoms with Gasteiger partial charge in [-0.25, -0.2) is 13.8 Å². The van der Waals surface area contributed by atoms with Crippen molar-refractivity contribution in [2.24, 2.45) is 28.8 Å². The molecule has 3 aliphatic heterocycles. The highest BCUT2D eigenvalue weighted by molar-refractivity contribution is 5.88. The lowest BCUT2D eigenvalue weighted by molar-refractivity contribution is -0.319. The number of aromatic nitrogens is 6. The van der Waals surface area contributed by atoms with Gasteiger partial charge in [-0.15, -0.1) is 10.2 Å². The van der Waals surface area contributed by atoms with Crippen molar-refractivity contribution in [3.8, 4) is 5.69 Å². The van der Waals surface area contributed by atoms with Gasteiger partial charge in [0.15, 0.2) is 12.6 Å². The van der Waals surface area contributed by atoms with E-state index in [-0.39, 0.29) is 19.3 Å². The van der Waals surface area contributed by atoms with Gasteiger partial charge in [-0.1, -0.05) is 55.4 Å². The number of methoxy groups -OCH3 is 3. The molecule has 3 fully saturated rings. The van der Waals surface area contributed by atoms with E-state index < -0.39 is 133 Å². The molecule has 6 rings (SSSR count). The normalized spacial score (nSPS) is 38.3. The van der Waals surface area contributed by atoms with Gasteiger partial charge < -0.3 is 68.1 Å². The van der Waals surface area contributed by atoms with E-state index in [9.17, 15) is 29.6 Å². The van der Waals surface area contributed by atoms with Crippen LogP contribution in [-0.4, -0.2) is 200 Å². The molecule has 22 nitrogen and oxygen atoms in total. The minimum Gasteiger partial charge on any atom is -0.459 e. The van der Waals surface area contributed by atoms with Crippen LogP contribution in [0.1, 0.15) is 118 Å². The maximum atomic E-state index is 14.9. The van der Waals surface area contributed by atoms with Crippen LogP contribution < -0.4 is 0 Å². The Labute approximate surface area is 452 Å². The van der Waals surface area contributed by atoms with E-state index in [1.165, 1.54) is 32.9 Å². The van der Waals surface area contributed by atoms with E-state index in [1.807, 2.05) is 63.9 Å². The maximum absolute atomic E-state index is 14.9. The lowest BCUT2D eigenvalue weighted by Gasteiger charge is -2.50. The summed E-state index contributed by atoms with van der Waals surface area (Å²) >= 11 is 0. The van der Waals surface area contributed by atoms with E-state index in [2.05, 4.69) is 25.8 Å². The minimum atomic E-state index is -1.94. The third kappa shape index (κ3) is 13.7. The number of benzene rings is 1. The van der Waals surface area contributed by atoms with Crippen LogP contribution in [0.25, 0.3) is 5.69 Å². The van der Waals surface area contributed by atoms with Crippen molar-refractivity contribution in [2.45, 2.75) is 198 Å².